The van der Waals surface area contributed by atoms with E-state index in [0.29, 0.717) is 32.6 Å². The molecule has 112 valence electrons. The van der Waals surface area contributed by atoms with Crippen LogP contribution in [0.3, 0.4) is 0 Å². The zero-order chi connectivity index (χ0) is 14.9. The van der Waals surface area contributed by atoms with Crippen LogP contribution in [0, 0.1) is 12.3 Å². The van der Waals surface area contributed by atoms with E-state index in [1.54, 1.807) is 0 Å². The van der Waals surface area contributed by atoms with Crippen LogP contribution in [-0.4, -0.2) is 30.6 Å². The van der Waals surface area contributed by atoms with Crippen molar-refractivity contribution in [3.05, 3.63) is 30.0 Å². The molecule has 21 heavy (non-hydrogen) atoms. The van der Waals surface area contributed by atoms with Gasteiger partial charge in [-0.15, -0.1) is 0 Å². The van der Waals surface area contributed by atoms with Crippen LogP contribution in [0.5, 0.6) is 0 Å². The molecular formula is C16H21N3O2. The average Bonchev–Trinajstić information content (AvgIpc) is 2.87. The first-order chi connectivity index (χ1) is 10.1. The Balaban J connectivity index is 1.81. The van der Waals surface area contributed by atoms with Gasteiger partial charge in [-0.25, -0.2) is 0 Å². The second-order valence-electron chi connectivity index (χ2n) is 5.81. The summed E-state index contributed by atoms with van der Waals surface area (Å²) in [5.74, 6) is -0.0000855. The van der Waals surface area contributed by atoms with Crippen molar-refractivity contribution in [3.8, 4) is 0 Å². The van der Waals surface area contributed by atoms with Crippen LogP contribution in [0.2, 0.25) is 0 Å². The smallest absolute Gasteiger partial charge is 0.232 e. The van der Waals surface area contributed by atoms with Crippen molar-refractivity contribution in [2.45, 2.75) is 19.8 Å². The van der Waals surface area contributed by atoms with Crippen molar-refractivity contribution in [1.82, 2.24) is 4.98 Å². The Morgan fingerprint density at radius 2 is 2.14 bits per heavy atom. The first-order valence-corrected chi connectivity index (χ1v) is 7.32. The molecule has 0 atom stereocenters. The molecule has 5 nitrogen and oxygen atoms in total. The predicted molar refractivity (Wildman–Crippen MR) is 83.2 cm³/mol. The van der Waals surface area contributed by atoms with Crippen molar-refractivity contribution in [2.24, 2.45) is 11.1 Å². The zero-order valence-corrected chi connectivity index (χ0v) is 12.2. The van der Waals surface area contributed by atoms with Crippen LogP contribution in [-0.2, 0) is 9.53 Å². The maximum atomic E-state index is 12.6. The summed E-state index contributed by atoms with van der Waals surface area (Å²) in [4.78, 5) is 15.9. The van der Waals surface area contributed by atoms with Crippen LogP contribution < -0.4 is 11.1 Å². The fraction of sp³-hybridized carbons (Fsp3) is 0.438. The number of nitrogens with one attached hydrogen (secondary N) is 2. The summed E-state index contributed by atoms with van der Waals surface area (Å²) in [5, 5.41) is 4.11. The standard InChI is InChI=1S/C16H21N3O2/c1-11-8-12-9-13(2-3-14(12)18-11)19-15(20)16(10-17)4-6-21-7-5-16/h2-3,8-9,18H,4-7,10,17H2,1H3,(H,19,20). The van der Waals surface area contributed by atoms with E-state index >= 15 is 0 Å². The first-order valence-electron chi connectivity index (χ1n) is 7.32. The molecule has 0 unspecified atom stereocenters. The third-order valence-electron chi connectivity index (χ3n) is 4.34. The lowest BCUT2D eigenvalue weighted by atomic mass is 9.79. The fourth-order valence-electron chi connectivity index (χ4n) is 2.91. The Labute approximate surface area is 123 Å². The van der Waals surface area contributed by atoms with Crippen molar-refractivity contribution in [3.63, 3.8) is 0 Å². The maximum absolute atomic E-state index is 12.6. The SMILES string of the molecule is Cc1cc2cc(NC(=O)C3(CN)CCOCC3)ccc2[nH]1. The van der Waals surface area contributed by atoms with Crippen molar-refractivity contribution in [1.29, 1.82) is 0 Å². The zero-order valence-electron chi connectivity index (χ0n) is 12.2. The van der Waals surface area contributed by atoms with Gasteiger partial charge in [0, 0.05) is 42.0 Å². The number of hydrogen-bond donors (Lipinski definition) is 3. The summed E-state index contributed by atoms with van der Waals surface area (Å²) in [6.45, 7) is 3.57. The average molecular weight is 287 g/mol. The second-order valence-corrected chi connectivity index (χ2v) is 5.81. The number of hydrogen-bond acceptors (Lipinski definition) is 3. The lowest BCUT2D eigenvalue weighted by Crippen LogP contribution is -2.46. The fourth-order valence-corrected chi connectivity index (χ4v) is 2.91. The van der Waals surface area contributed by atoms with Gasteiger partial charge in [-0.05, 0) is 44.0 Å². The third kappa shape index (κ3) is 2.66. The van der Waals surface area contributed by atoms with Gasteiger partial charge in [-0.2, -0.15) is 0 Å². The quantitative estimate of drug-likeness (QED) is 0.809. The third-order valence-corrected chi connectivity index (χ3v) is 4.34. The molecule has 5 heteroatoms. The van der Waals surface area contributed by atoms with E-state index < -0.39 is 5.41 Å². The molecule has 1 aromatic carbocycles. The molecule has 0 radical (unpaired) electrons. The van der Waals surface area contributed by atoms with Gasteiger partial charge < -0.3 is 20.8 Å². The number of carbonyl (C=O) groups is 1. The Morgan fingerprint density at radius 3 is 2.86 bits per heavy atom. The summed E-state index contributed by atoms with van der Waals surface area (Å²) in [5.41, 5.74) is 8.36. The van der Waals surface area contributed by atoms with Gasteiger partial charge in [-0.1, -0.05) is 0 Å². The number of carbonyl (C=O) groups excluding carboxylic acids is 1. The van der Waals surface area contributed by atoms with Gasteiger partial charge in [0.25, 0.3) is 0 Å². The molecule has 1 aliphatic heterocycles. The molecular weight excluding hydrogens is 266 g/mol. The summed E-state index contributed by atoms with van der Waals surface area (Å²) in [6, 6.07) is 7.95. The number of amides is 1. The first kappa shape index (κ1) is 14.1. The van der Waals surface area contributed by atoms with Crippen LogP contribution in [0.15, 0.2) is 24.3 Å². The highest BCUT2D eigenvalue weighted by Gasteiger charge is 2.38. The van der Waals surface area contributed by atoms with Crippen LogP contribution in [0.25, 0.3) is 10.9 Å². The highest BCUT2D eigenvalue weighted by atomic mass is 16.5. The molecule has 0 bridgehead atoms. The predicted octanol–water partition coefficient (Wildman–Crippen LogP) is 2.17. The summed E-state index contributed by atoms with van der Waals surface area (Å²) in [7, 11) is 0. The minimum absolute atomic E-state index is 0.0000855. The number of aromatic nitrogens is 1. The Hall–Kier alpha value is -1.85. The monoisotopic (exact) mass is 287 g/mol. The van der Waals surface area contributed by atoms with E-state index in [0.717, 1.165) is 22.3 Å². The Morgan fingerprint density at radius 1 is 1.38 bits per heavy atom. The Kier molecular flexibility index (Phi) is 3.69. The van der Waals surface area contributed by atoms with E-state index in [2.05, 4.69) is 16.4 Å². The van der Waals surface area contributed by atoms with Crippen molar-refractivity contribution in [2.75, 3.05) is 25.1 Å². The van der Waals surface area contributed by atoms with Gasteiger partial charge in [0.1, 0.15) is 0 Å². The molecule has 1 aliphatic rings. The summed E-state index contributed by atoms with van der Waals surface area (Å²) >= 11 is 0. The minimum Gasteiger partial charge on any atom is -0.381 e. The topological polar surface area (TPSA) is 80.1 Å². The van der Waals surface area contributed by atoms with Gasteiger partial charge in [0.15, 0.2) is 0 Å². The van der Waals surface area contributed by atoms with E-state index in [9.17, 15) is 4.79 Å². The number of anilines is 1. The van der Waals surface area contributed by atoms with E-state index in [-0.39, 0.29) is 5.91 Å². The molecule has 1 amide bonds. The lowest BCUT2D eigenvalue weighted by molar-refractivity contribution is -0.130. The molecule has 1 aromatic heterocycles. The molecule has 1 fully saturated rings. The molecule has 1 saturated heterocycles. The van der Waals surface area contributed by atoms with E-state index in [1.807, 2.05) is 25.1 Å². The Bertz CT molecular complexity index is 657. The number of nitrogens with two attached hydrogens (primary N) is 1. The summed E-state index contributed by atoms with van der Waals surface area (Å²) in [6.07, 6.45) is 1.36. The van der Waals surface area contributed by atoms with Gasteiger partial charge in [0.2, 0.25) is 5.91 Å². The largest absolute Gasteiger partial charge is 0.381 e. The van der Waals surface area contributed by atoms with E-state index in [1.165, 1.54) is 0 Å². The van der Waals surface area contributed by atoms with E-state index in [4.69, 9.17) is 10.5 Å². The number of aryl methyl sites for hydroxylation is 1. The van der Waals surface area contributed by atoms with Gasteiger partial charge >= 0.3 is 0 Å². The minimum atomic E-state index is -0.499. The summed E-state index contributed by atoms with van der Waals surface area (Å²) < 4.78 is 5.35. The number of ether oxygens (including phenoxy) is 1. The molecule has 0 spiro atoms. The second kappa shape index (κ2) is 5.50. The van der Waals surface area contributed by atoms with Crippen LogP contribution in [0.4, 0.5) is 5.69 Å². The normalized spacial score (nSPS) is 17.8. The van der Waals surface area contributed by atoms with Gasteiger partial charge in [-0.3, -0.25) is 4.79 Å². The number of H-pyrrole nitrogens is 1. The highest BCUT2D eigenvalue weighted by Crippen LogP contribution is 2.31. The molecule has 2 aromatic rings. The molecule has 4 N–H and O–H groups in total. The lowest BCUT2D eigenvalue weighted by Gasteiger charge is -2.34. The van der Waals surface area contributed by atoms with Crippen LogP contribution in [0.1, 0.15) is 18.5 Å². The molecule has 2 heterocycles. The van der Waals surface area contributed by atoms with Crippen LogP contribution >= 0.6 is 0 Å². The molecule has 0 saturated carbocycles. The molecule has 0 aliphatic carbocycles. The number of benzene rings is 1. The number of aromatic amines is 1. The maximum Gasteiger partial charge on any atom is 0.232 e. The molecule has 3 rings (SSSR count). The van der Waals surface area contributed by atoms with Crippen molar-refractivity contribution >= 4 is 22.5 Å². The highest BCUT2D eigenvalue weighted by molar-refractivity contribution is 5.97. The number of fused-ring (bicyclic) bond motifs is 1. The number of rotatable bonds is 3. The van der Waals surface area contributed by atoms with Gasteiger partial charge in [0.05, 0.1) is 5.41 Å². The van der Waals surface area contributed by atoms with Crippen molar-refractivity contribution < 1.29 is 9.53 Å².